The van der Waals surface area contributed by atoms with E-state index < -0.39 is 13.9 Å². The first-order valence-corrected chi connectivity index (χ1v) is 8.94. The van der Waals surface area contributed by atoms with Crippen LogP contribution >= 0.6 is 0 Å². The molecule has 0 unspecified atom stereocenters. The molecule has 0 N–H and O–H groups in total. The molecule has 0 bridgehead atoms. The summed E-state index contributed by atoms with van der Waals surface area (Å²) in [7, 11) is 0. The standard InChI is InChI=1S/C12H17O4Se/c1-4-15-11(13)9-7-6-8-10(17(9)3)12(14)16-5-2/h7-8H,4-6H2,1-3H3/q+1. The van der Waals surface area contributed by atoms with Gasteiger partial charge in [0.25, 0.3) is 0 Å². The van der Waals surface area contributed by atoms with Crippen molar-refractivity contribution in [3.63, 3.8) is 0 Å². The van der Waals surface area contributed by atoms with Crippen molar-refractivity contribution in [2.75, 3.05) is 13.2 Å². The van der Waals surface area contributed by atoms with Crippen LogP contribution in [0.5, 0.6) is 0 Å². The molecule has 17 heavy (non-hydrogen) atoms. The van der Waals surface area contributed by atoms with Crippen LogP contribution in [-0.2, 0) is 19.1 Å². The quantitative estimate of drug-likeness (QED) is 0.584. The molecule has 0 radical (unpaired) electrons. The van der Waals surface area contributed by atoms with Gasteiger partial charge in [-0.25, -0.2) is 0 Å². The first-order valence-electron chi connectivity index (χ1n) is 5.52. The van der Waals surface area contributed by atoms with Crippen molar-refractivity contribution in [1.82, 2.24) is 0 Å². The van der Waals surface area contributed by atoms with Crippen LogP contribution in [0.2, 0.25) is 5.82 Å². The summed E-state index contributed by atoms with van der Waals surface area (Å²) in [6.07, 6.45) is 4.30. The Morgan fingerprint density at radius 1 is 1.12 bits per heavy atom. The van der Waals surface area contributed by atoms with Gasteiger partial charge >= 0.3 is 105 Å². The number of rotatable bonds is 4. The van der Waals surface area contributed by atoms with Gasteiger partial charge in [-0.3, -0.25) is 0 Å². The summed E-state index contributed by atoms with van der Waals surface area (Å²) >= 11 is -1.58. The molecule has 0 fully saturated rings. The average Bonchev–Trinajstić information content (AvgIpc) is 2.29. The van der Waals surface area contributed by atoms with Gasteiger partial charge in [0.05, 0.1) is 0 Å². The number of hydrogen-bond acceptors (Lipinski definition) is 4. The van der Waals surface area contributed by atoms with Crippen molar-refractivity contribution in [2.24, 2.45) is 0 Å². The molecule has 94 valence electrons. The second kappa shape index (κ2) is 6.62. The fourth-order valence-electron chi connectivity index (χ4n) is 1.46. The van der Waals surface area contributed by atoms with Crippen LogP contribution in [0, 0.1) is 0 Å². The van der Waals surface area contributed by atoms with Gasteiger partial charge in [0.15, 0.2) is 0 Å². The normalized spacial score (nSPS) is 15.9. The van der Waals surface area contributed by atoms with Gasteiger partial charge in [-0.15, -0.1) is 0 Å². The Labute approximate surface area is 106 Å². The van der Waals surface area contributed by atoms with Gasteiger partial charge in [0.2, 0.25) is 0 Å². The predicted octanol–water partition coefficient (Wildman–Crippen LogP) is 1.57. The molecule has 0 aromatic heterocycles. The average molecular weight is 304 g/mol. The summed E-state index contributed by atoms with van der Waals surface area (Å²) in [5.41, 5.74) is 0. The summed E-state index contributed by atoms with van der Waals surface area (Å²) in [5, 5.41) is 0. The Balaban J connectivity index is 2.77. The van der Waals surface area contributed by atoms with Crippen LogP contribution in [0.4, 0.5) is 0 Å². The summed E-state index contributed by atoms with van der Waals surface area (Å²) in [6.45, 7) is 4.25. The van der Waals surface area contributed by atoms with Gasteiger partial charge in [0.1, 0.15) is 0 Å². The van der Waals surface area contributed by atoms with Crippen LogP contribution < -0.4 is 0 Å². The number of hydrogen-bond donors (Lipinski definition) is 0. The van der Waals surface area contributed by atoms with Crippen molar-refractivity contribution in [2.45, 2.75) is 26.1 Å². The van der Waals surface area contributed by atoms with Gasteiger partial charge < -0.3 is 0 Å². The molecule has 0 atom stereocenters. The molecule has 0 saturated heterocycles. The van der Waals surface area contributed by atoms with E-state index in [0.717, 1.165) is 0 Å². The molecule has 1 rings (SSSR count). The Morgan fingerprint density at radius 3 is 1.88 bits per heavy atom. The molecule has 0 aromatic rings. The Morgan fingerprint density at radius 2 is 1.53 bits per heavy atom. The number of esters is 2. The van der Waals surface area contributed by atoms with Crippen LogP contribution in [0.15, 0.2) is 21.1 Å². The molecule has 0 saturated carbocycles. The molecule has 0 amide bonds. The van der Waals surface area contributed by atoms with E-state index in [4.69, 9.17) is 9.47 Å². The van der Waals surface area contributed by atoms with E-state index in [1.54, 1.807) is 13.8 Å². The van der Waals surface area contributed by atoms with Crippen LogP contribution in [0.3, 0.4) is 0 Å². The first-order chi connectivity index (χ1) is 8.11. The predicted molar refractivity (Wildman–Crippen MR) is 65.7 cm³/mol. The van der Waals surface area contributed by atoms with E-state index in [1.807, 2.05) is 18.0 Å². The van der Waals surface area contributed by atoms with Crippen molar-refractivity contribution < 1.29 is 19.1 Å². The topological polar surface area (TPSA) is 52.6 Å². The fourth-order valence-corrected chi connectivity index (χ4v) is 4.71. The third-order valence-corrected chi connectivity index (χ3v) is 6.39. The van der Waals surface area contributed by atoms with Crippen molar-refractivity contribution in [3.05, 3.63) is 21.1 Å². The molecular weight excluding hydrogens is 287 g/mol. The van der Waals surface area contributed by atoms with Crippen LogP contribution in [0.1, 0.15) is 20.3 Å². The molecule has 4 nitrogen and oxygen atoms in total. The number of ether oxygens (including phenoxy) is 2. The number of carbonyl (C=O) groups is 2. The van der Waals surface area contributed by atoms with Crippen LogP contribution in [0.25, 0.3) is 0 Å². The summed E-state index contributed by atoms with van der Waals surface area (Å²) in [4.78, 5) is 23.4. The molecule has 0 aromatic carbocycles. The monoisotopic (exact) mass is 305 g/mol. The van der Waals surface area contributed by atoms with Crippen LogP contribution in [-0.4, -0.2) is 39.1 Å². The Kier molecular flexibility index (Phi) is 5.45. The molecular formula is C12H17O4Se+. The Hall–Kier alpha value is -1.06. The van der Waals surface area contributed by atoms with E-state index >= 15 is 0 Å². The minimum atomic E-state index is -1.58. The van der Waals surface area contributed by atoms with E-state index in [-0.39, 0.29) is 11.9 Å². The second-order valence-corrected chi connectivity index (χ2v) is 7.31. The third kappa shape index (κ3) is 3.45. The molecule has 5 heteroatoms. The van der Waals surface area contributed by atoms with Gasteiger partial charge in [-0.05, 0) is 0 Å². The number of carbonyl (C=O) groups excluding carboxylic acids is 2. The van der Waals surface area contributed by atoms with E-state index in [9.17, 15) is 9.59 Å². The fraction of sp³-hybridized carbons (Fsp3) is 0.500. The molecule has 0 aliphatic carbocycles. The Bertz CT molecular complexity index is 337. The van der Waals surface area contributed by atoms with E-state index in [0.29, 0.717) is 28.6 Å². The van der Waals surface area contributed by atoms with Crippen molar-refractivity contribution >= 4 is 25.8 Å². The van der Waals surface area contributed by atoms with E-state index in [2.05, 4.69) is 0 Å². The van der Waals surface area contributed by atoms with Gasteiger partial charge in [-0.1, -0.05) is 0 Å². The zero-order valence-electron chi connectivity index (χ0n) is 10.3. The third-order valence-electron chi connectivity index (χ3n) is 2.22. The van der Waals surface area contributed by atoms with Gasteiger partial charge in [-0.2, -0.15) is 0 Å². The minimum absolute atomic E-state index is 0.296. The SMILES string of the molecule is CCOC(=O)C1=CCC=C(C(=O)OCC)[Se+]1C. The number of allylic oxidation sites excluding steroid dienone is 2. The molecule has 0 spiro atoms. The second-order valence-electron chi connectivity index (χ2n) is 3.32. The van der Waals surface area contributed by atoms with E-state index in [1.165, 1.54) is 0 Å². The molecule has 1 aliphatic heterocycles. The zero-order valence-corrected chi connectivity index (χ0v) is 12.0. The first kappa shape index (κ1) is 14.0. The van der Waals surface area contributed by atoms with Crippen molar-refractivity contribution in [1.29, 1.82) is 0 Å². The zero-order chi connectivity index (χ0) is 12.8. The molecule has 1 heterocycles. The summed E-state index contributed by atoms with van der Waals surface area (Å²) < 4.78 is 11.3. The maximum absolute atomic E-state index is 11.7. The van der Waals surface area contributed by atoms with Crippen molar-refractivity contribution in [3.8, 4) is 0 Å². The van der Waals surface area contributed by atoms with Gasteiger partial charge in [0, 0.05) is 0 Å². The summed E-state index contributed by atoms with van der Waals surface area (Å²) in [6, 6.07) is 0. The summed E-state index contributed by atoms with van der Waals surface area (Å²) in [5.74, 6) is 1.34. The maximum atomic E-state index is 11.7. The molecule has 1 aliphatic rings.